The zero-order valence-electron chi connectivity index (χ0n) is 10.5. The summed E-state index contributed by atoms with van der Waals surface area (Å²) in [6.07, 6.45) is -0.837. The van der Waals surface area contributed by atoms with E-state index in [9.17, 15) is 13.5 Å². The Morgan fingerprint density at radius 2 is 2.00 bits per heavy atom. The fourth-order valence-corrected chi connectivity index (χ4v) is 3.83. The van der Waals surface area contributed by atoms with E-state index in [2.05, 4.69) is 4.72 Å². The van der Waals surface area contributed by atoms with Crippen LogP contribution in [0.1, 0.15) is 16.5 Å². The summed E-state index contributed by atoms with van der Waals surface area (Å²) in [5, 5.41) is 12.1. The van der Waals surface area contributed by atoms with Gasteiger partial charge < -0.3 is 5.11 Å². The topological polar surface area (TPSA) is 66.4 Å². The molecule has 1 aromatic carbocycles. The highest BCUT2D eigenvalue weighted by Gasteiger charge is 2.16. The summed E-state index contributed by atoms with van der Waals surface area (Å²) < 4.78 is 26.3. The molecule has 0 saturated carbocycles. The highest BCUT2D eigenvalue weighted by molar-refractivity contribution is 7.88. The lowest BCUT2D eigenvalue weighted by molar-refractivity contribution is 0.185. The van der Waals surface area contributed by atoms with Crippen molar-refractivity contribution in [3.8, 4) is 0 Å². The molecule has 1 heterocycles. The first-order chi connectivity index (χ1) is 9.48. The van der Waals surface area contributed by atoms with Gasteiger partial charge in [0.15, 0.2) is 0 Å². The molecule has 1 unspecified atom stereocenters. The molecule has 1 atom stereocenters. The Morgan fingerprint density at radius 1 is 1.25 bits per heavy atom. The third kappa shape index (κ3) is 4.29. The summed E-state index contributed by atoms with van der Waals surface area (Å²) in [6.45, 7) is -0.0483. The van der Waals surface area contributed by atoms with Crippen LogP contribution in [0.3, 0.4) is 0 Å². The number of thiophene rings is 1. The molecule has 0 aliphatic rings. The molecule has 108 valence electrons. The molecule has 0 bridgehead atoms. The van der Waals surface area contributed by atoms with Crippen LogP contribution in [-0.2, 0) is 15.8 Å². The van der Waals surface area contributed by atoms with Crippen LogP contribution in [0.25, 0.3) is 0 Å². The number of hydrogen-bond acceptors (Lipinski definition) is 4. The van der Waals surface area contributed by atoms with Gasteiger partial charge in [-0.2, -0.15) is 0 Å². The van der Waals surface area contributed by atoms with Crippen LogP contribution in [0.15, 0.2) is 41.8 Å². The fraction of sp³-hybridized carbons (Fsp3) is 0.231. The lowest BCUT2D eigenvalue weighted by Crippen LogP contribution is -2.29. The van der Waals surface area contributed by atoms with Crippen LogP contribution in [0.4, 0.5) is 0 Å². The molecule has 2 N–H and O–H groups in total. The van der Waals surface area contributed by atoms with Crippen molar-refractivity contribution in [3.63, 3.8) is 0 Å². The van der Waals surface area contributed by atoms with E-state index in [-0.39, 0.29) is 12.3 Å². The highest BCUT2D eigenvalue weighted by atomic mass is 35.5. The number of aliphatic hydroxyl groups excluding tert-OH is 1. The molecule has 7 heteroatoms. The molecule has 0 aliphatic heterocycles. The molecule has 4 nitrogen and oxygen atoms in total. The van der Waals surface area contributed by atoms with E-state index in [0.29, 0.717) is 10.6 Å². The van der Waals surface area contributed by atoms with Crippen LogP contribution in [0.2, 0.25) is 5.02 Å². The van der Waals surface area contributed by atoms with Gasteiger partial charge in [-0.3, -0.25) is 0 Å². The lowest BCUT2D eigenvalue weighted by Gasteiger charge is -2.11. The van der Waals surface area contributed by atoms with Crippen molar-refractivity contribution in [3.05, 3.63) is 57.2 Å². The van der Waals surface area contributed by atoms with E-state index >= 15 is 0 Å². The summed E-state index contributed by atoms with van der Waals surface area (Å²) in [4.78, 5) is 0.727. The van der Waals surface area contributed by atoms with Gasteiger partial charge in [-0.25, -0.2) is 13.1 Å². The van der Waals surface area contributed by atoms with E-state index in [1.807, 2.05) is 11.4 Å². The van der Waals surface area contributed by atoms with Crippen LogP contribution in [-0.4, -0.2) is 20.1 Å². The third-order valence-electron chi connectivity index (χ3n) is 2.67. The molecular formula is C13H14ClNO3S2. The molecule has 20 heavy (non-hydrogen) atoms. The molecule has 0 fully saturated rings. The number of halogens is 1. The summed E-state index contributed by atoms with van der Waals surface area (Å²) in [6, 6.07) is 10.4. The van der Waals surface area contributed by atoms with Crippen LogP contribution >= 0.6 is 22.9 Å². The Kier molecular flexibility index (Phi) is 5.17. The molecule has 0 saturated heterocycles. The summed E-state index contributed by atoms with van der Waals surface area (Å²) in [5.74, 6) is -0.205. The Hall–Kier alpha value is -0.920. The Balaban J connectivity index is 1.96. The van der Waals surface area contributed by atoms with Crippen molar-refractivity contribution < 1.29 is 13.5 Å². The number of hydrogen-bond donors (Lipinski definition) is 2. The Labute approximate surface area is 127 Å². The number of aliphatic hydroxyl groups is 1. The summed E-state index contributed by atoms with van der Waals surface area (Å²) >= 11 is 7.32. The number of nitrogens with one attached hydrogen (secondary N) is 1. The van der Waals surface area contributed by atoms with Gasteiger partial charge in [-0.1, -0.05) is 35.9 Å². The van der Waals surface area contributed by atoms with Crippen LogP contribution < -0.4 is 4.72 Å². The van der Waals surface area contributed by atoms with Gasteiger partial charge in [0.05, 0.1) is 5.75 Å². The quantitative estimate of drug-likeness (QED) is 0.855. The summed E-state index contributed by atoms with van der Waals surface area (Å²) in [5.41, 5.74) is 0.535. The zero-order chi connectivity index (χ0) is 14.6. The van der Waals surface area contributed by atoms with E-state index < -0.39 is 16.1 Å². The van der Waals surface area contributed by atoms with Crippen LogP contribution in [0.5, 0.6) is 0 Å². The molecule has 1 aromatic heterocycles. The van der Waals surface area contributed by atoms with E-state index in [4.69, 9.17) is 11.6 Å². The average Bonchev–Trinajstić information content (AvgIpc) is 2.93. The van der Waals surface area contributed by atoms with E-state index in [1.54, 1.807) is 30.3 Å². The highest BCUT2D eigenvalue weighted by Crippen LogP contribution is 2.19. The van der Waals surface area contributed by atoms with Crippen molar-refractivity contribution in [1.82, 2.24) is 4.72 Å². The molecule has 2 rings (SSSR count). The fourth-order valence-electron chi connectivity index (χ4n) is 1.66. The third-order valence-corrected chi connectivity index (χ3v) is 5.31. The van der Waals surface area contributed by atoms with Gasteiger partial charge in [0.25, 0.3) is 0 Å². The van der Waals surface area contributed by atoms with Gasteiger partial charge >= 0.3 is 0 Å². The minimum absolute atomic E-state index is 0.0483. The number of rotatable bonds is 6. The Morgan fingerprint density at radius 3 is 2.65 bits per heavy atom. The van der Waals surface area contributed by atoms with Crippen molar-refractivity contribution in [2.75, 3.05) is 6.54 Å². The second-order valence-corrected chi connectivity index (χ2v) is 7.42. The first-order valence-electron chi connectivity index (χ1n) is 5.90. The van der Waals surface area contributed by atoms with Gasteiger partial charge in [0, 0.05) is 16.4 Å². The van der Waals surface area contributed by atoms with Gasteiger partial charge in [0.1, 0.15) is 6.10 Å². The first-order valence-corrected chi connectivity index (χ1v) is 8.81. The van der Waals surface area contributed by atoms with Crippen molar-refractivity contribution in [1.29, 1.82) is 0 Å². The maximum Gasteiger partial charge on any atom is 0.215 e. The monoisotopic (exact) mass is 331 g/mol. The molecule has 0 amide bonds. The van der Waals surface area contributed by atoms with Crippen molar-refractivity contribution in [2.45, 2.75) is 11.9 Å². The van der Waals surface area contributed by atoms with Gasteiger partial charge in [-0.05, 0) is 23.1 Å². The van der Waals surface area contributed by atoms with Gasteiger partial charge in [-0.15, -0.1) is 11.3 Å². The van der Waals surface area contributed by atoms with Crippen LogP contribution in [0, 0.1) is 0 Å². The number of sulfonamides is 1. The maximum absolute atomic E-state index is 11.9. The number of benzene rings is 1. The minimum Gasteiger partial charge on any atom is -0.386 e. The maximum atomic E-state index is 11.9. The van der Waals surface area contributed by atoms with E-state index in [0.717, 1.165) is 4.88 Å². The van der Waals surface area contributed by atoms with Crippen molar-refractivity contribution in [2.24, 2.45) is 0 Å². The largest absolute Gasteiger partial charge is 0.386 e. The normalized spacial score (nSPS) is 13.3. The Bertz CT molecular complexity index is 656. The second-order valence-electron chi connectivity index (χ2n) is 4.23. The van der Waals surface area contributed by atoms with E-state index in [1.165, 1.54) is 11.3 Å². The standard InChI is InChI=1S/C13H14ClNO3S2/c14-11-5-2-1-4-10(11)9-20(17,18)15-8-12(16)13-6-3-7-19-13/h1-7,12,15-16H,8-9H2. The predicted octanol–water partition coefficient (Wildman–Crippen LogP) is 2.55. The lowest BCUT2D eigenvalue weighted by atomic mass is 10.2. The summed E-state index contributed by atoms with van der Waals surface area (Å²) in [7, 11) is -3.53. The predicted molar refractivity (Wildman–Crippen MR) is 81.4 cm³/mol. The van der Waals surface area contributed by atoms with Gasteiger partial charge in [0.2, 0.25) is 10.0 Å². The molecule has 0 spiro atoms. The molecular weight excluding hydrogens is 318 g/mol. The second kappa shape index (κ2) is 6.69. The first kappa shape index (κ1) is 15.5. The minimum atomic E-state index is -3.53. The molecule has 0 aliphatic carbocycles. The smallest absolute Gasteiger partial charge is 0.215 e. The SMILES string of the molecule is O=S(=O)(Cc1ccccc1Cl)NCC(O)c1cccs1. The molecule has 0 radical (unpaired) electrons. The molecule has 2 aromatic rings. The average molecular weight is 332 g/mol. The zero-order valence-corrected chi connectivity index (χ0v) is 12.9. The van der Waals surface area contributed by atoms with Crippen molar-refractivity contribution >= 4 is 33.0 Å².